The lowest BCUT2D eigenvalue weighted by molar-refractivity contribution is -0.128. The smallest absolute Gasteiger partial charge is 0.338 e. The van der Waals surface area contributed by atoms with Crippen LogP contribution in [0.1, 0.15) is 54.1 Å². The van der Waals surface area contributed by atoms with Crippen LogP contribution in [0, 0.1) is 0 Å². The van der Waals surface area contributed by atoms with E-state index in [0.717, 1.165) is 12.0 Å². The van der Waals surface area contributed by atoms with Gasteiger partial charge in [-0.05, 0) is 72.5 Å². The van der Waals surface area contributed by atoms with Gasteiger partial charge in [-0.15, -0.1) is 0 Å². The number of hydrogen-bond acceptors (Lipinski definition) is 7. The van der Waals surface area contributed by atoms with Crippen LogP contribution in [0.5, 0.6) is 11.5 Å². The summed E-state index contributed by atoms with van der Waals surface area (Å²) in [7, 11) is 0. The molecular formula is C30H34N2O5. The molecule has 3 rings (SSSR count). The molecule has 0 aromatic heterocycles. The van der Waals surface area contributed by atoms with Crippen molar-refractivity contribution in [2.75, 3.05) is 24.7 Å². The van der Waals surface area contributed by atoms with Crippen molar-refractivity contribution in [3.05, 3.63) is 89.5 Å². The Morgan fingerprint density at radius 2 is 1.49 bits per heavy atom. The minimum Gasteiger partial charge on any atom is -0.493 e. The first-order valence-electron chi connectivity index (χ1n) is 12.5. The molecule has 7 nitrogen and oxygen atoms in total. The molecule has 7 heteroatoms. The van der Waals surface area contributed by atoms with Gasteiger partial charge in [-0.3, -0.25) is 0 Å². The average Bonchev–Trinajstić information content (AvgIpc) is 2.88. The molecule has 0 bridgehead atoms. The van der Waals surface area contributed by atoms with Crippen LogP contribution in [0.2, 0.25) is 0 Å². The van der Waals surface area contributed by atoms with Crippen molar-refractivity contribution >= 4 is 29.4 Å². The van der Waals surface area contributed by atoms with E-state index < -0.39 is 11.9 Å². The van der Waals surface area contributed by atoms with Gasteiger partial charge >= 0.3 is 11.9 Å². The SMILES string of the molecule is CCCCCc1ccc(OC(=O)C=Cc2ccc(OCCCOC(=O)c3cc(N)cc(N)c3)cc2)cc1. The lowest BCUT2D eigenvalue weighted by atomic mass is 10.1. The molecule has 0 spiro atoms. The molecule has 0 fully saturated rings. The molecule has 0 atom stereocenters. The zero-order valence-electron chi connectivity index (χ0n) is 21.2. The maximum atomic E-state index is 12.1. The zero-order valence-corrected chi connectivity index (χ0v) is 21.2. The molecule has 0 radical (unpaired) electrons. The largest absolute Gasteiger partial charge is 0.493 e. The molecule has 3 aromatic rings. The molecule has 0 saturated heterocycles. The fourth-order valence-corrected chi connectivity index (χ4v) is 3.58. The summed E-state index contributed by atoms with van der Waals surface area (Å²) in [5, 5.41) is 0. The molecule has 0 aliphatic carbocycles. The summed E-state index contributed by atoms with van der Waals surface area (Å²) in [4.78, 5) is 24.2. The summed E-state index contributed by atoms with van der Waals surface area (Å²) in [6.45, 7) is 2.77. The molecule has 3 aromatic carbocycles. The van der Waals surface area contributed by atoms with Gasteiger partial charge in [0.05, 0.1) is 18.8 Å². The Labute approximate surface area is 218 Å². The molecule has 0 amide bonds. The number of unbranched alkanes of at least 4 members (excludes halogenated alkanes) is 2. The molecule has 4 N–H and O–H groups in total. The molecule has 0 saturated carbocycles. The lowest BCUT2D eigenvalue weighted by Crippen LogP contribution is -2.10. The van der Waals surface area contributed by atoms with Crippen LogP contribution >= 0.6 is 0 Å². The van der Waals surface area contributed by atoms with Gasteiger partial charge < -0.3 is 25.7 Å². The Morgan fingerprint density at radius 1 is 0.811 bits per heavy atom. The first-order valence-corrected chi connectivity index (χ1v) is 12.5. The summed E-state index contributed by atoms with van der Waals surface area (Å²) in [6.07, 6.45) is 8.22. The van der Waals surface area contributed by atoms with Gasteiger partial charge in [0, 0.05) is 23.9 Å². The van der Waals surface area contributed by atoms with E-state index in [0.29, 0.717) is 41.5 Å². The van der Waals surface area contributed by atoms with Crippen molar-refractivity contribution < 1.29 is 23.8 Å². The van der Waals surface area contributed by atoms with E-state index in [9.17, 15) is 9.59 Å². The van der Waals surface area contributed by atoms with Crippen molar-refractivity contribution in [1.82, 2.24) is 0 Å². The topological polar surface area (TPSA) is 114 Å². The number of ether oxygens (including phenoxy) is 3. The monoisotopic (exact) mass is 502 g/mol. The Kier molecular flexibility index (Phi) is 10.6. The number of nitrogen functional groups attached to an aromatic ring is 2. The van der Waals surface area contributed by atoms with Crippen molar-refractivity contribution in [1.29, 1.82) is 0 Å². The van der Waals surface area contributed by atoms with Gasteiger partial charge in [-0.25, -0.2) is 9.59 Å². The maximum absolute atomic E-state index is 12.1. The van der Waals surface area contributed by atoms with Crippen LogP contribution < -0.4 is 20.9 Å². The summed E-state index contributed by atoms with van der Waals surface area (Å²) < 4.78 is 16.3. The van der Waals surface area contributed by atoms with Crippen molar-refractivity contribution in [2.24, 2.45) is 0 Å². The first-order chi connectivity index (χ1) is 17.9. The predicted molar refractivity (Wildman–Crippen MR) is 146 cm³/mol. The third-order valence-electron chi connectivity index (χ3n) is 5.51. The first kappa shape index (κ1) is 27.3. The Hall–Kier alpha value is -4.26. The fraction of sp³-hybridized carbons (Fsp3) is 0.267. The molecular weight excluding hydrogens is 468 g/mol. The number of benzene rings is 3. The number of anilines is 2. The van der Waals surface area contributed by atoms with Crippen LogP contribution in [-0.2, 0) is 16.0 Å². The van der Waals surface area contributed by atoms with Crippen LogP contribution in [0.25, 0.3) is 6.08 Å². The van der Waals surface area contributed by atoms with Gasteiger partial charge in [0.15, 0.2) is 0 Å². The van der Waals surface area contributed by atoms with Crippen molar-refractivity contribution in [3.8, 4) is 11.5 Å². The summed E-state index contributed by atoms with van der Waals surface area (Å²) in [6, 6.07) is 19.6. The van der Waals surface area contributed by atoms with Gasteiger partial charge in [0.1, 0.15) is 11.5 Å². The van der Waals surface area contributed by atoms with Gasteiger partial charge in [-0.1, -0.05) is 44.0 Å². The van der Waals surface area contributed by atoms with Crippen LogP contribution in [-0.4, -0.2) is 25.2 Å². The predicted octanol–water partition coefficient (Wildman–Crippen LogP) is 5.83. The molecule has 194 valence electrons. The highest BCUT2D eigenvalue weighted by molar-refractivity contribution is 5.91. The number of aryl methyl sites for hydroxylation is 1. The third kappa shape index (κ3) is 9.72. The number of carbonyl (C=O) groups excluding carboxylic acids is 2. The van der Waals surface area contributed by atoms with Gasteiger partial charge in [0.25, 0.3) is 0 Å². The fourth-order valence-electron chi connectivity index (χ4n) is 3.58. The van der Waals surface area contributed by atoms with Gasteiger partial charge in [-0.2, -0.15) is 0 Å². The number of nitrogens with two attached hydrogens (primary N) is 2. The highest BCUT2D eigenvalue weighted by atomic mass is 16.5. The third-order valence-corrected chi connectivity index (χ3v) is 5.51. The second-order valence-corrected chi connectivity index (χ2v) is 8.65. The second-order valence-electron chi connectivity index (χ2n) is 8.65. The van der Waals surface area contributed by atoms with E-state index in [1.54, 1.807) is 12.1 Å². The molecule has 0 heterocycles. The minimum absolute atomic E-state index is 0.206. The van der Waals surface area contributed by atoms with E-state index in [2.05, 4.69) is 6.92 Å². The van der Waals surface area contributed by atoms with E-state index in [-0.39, 0.29) is 6.61 Å². The van der Waals surface area contributed by atoms with E-state index in [4.69, 9.17) is 25.7 Å². The molecule has 0 aliphatic heterocycles. The Bertz CT molecular complexity index is 1170. The zero-order chi connectivity index (χ0) is 26.5. The summed E-state index contributed by atoms with van der Waals surface area (Å²) in [5.41, 5.74) is 14.6. The maximum Gasteiger partial charge on any atom is 0.338 e. The van der Waals surface area contributed by atoms with E-state index >= 15 is 0 Å². The molecule has 0 aliphatic rings. The summed E-state index contributed by atoms with van der Waals surface area (Å²) >= 11 is 0. The quantitative estimate of drug-likeness (QED) is 0.0994. The highest BCUT2D eigenvalue weighted by Gasteiger charge is 2.08. The van der Waals surface area contributed by atoms with Crippen LogP contribution in [0.3, 0.4) is 0 Å². The Balaban J connectivity index is 1.36. The molecule has 37 heavy (non-hydrogen) atoms. The Morgan fingerprint density at radius 3 is 2.16 bits per heavy atom. The van der Waals surface area contributed by atoms with Crippen molar-refractivity contribution in [3.63, 3.8) is 0 Å². The number of rotatable bonds is 13. The van der Waals surface area contributed by atoms with Crippen LogP contribution in [0.15, 0.2) is 72.8 Å². The van der Waals surface area contributed by atoms with E-state index in [1.165, 1.54) is 43.0 Å². The average molecular weight is 503 g/mol. The minimum atomic E-state index is -0.479. The number of carbonyl (C=O) groups is 2. The standard InChI is InChI=1S/C30H34N2O5/c1-2-3-4-6-22-9-14-28(15-10-22)37-29(33)16-11-23-7-12-27(13-8-23)35-17-5-18-36-30(34)24-19-25(31)21-26(32)20-24/h7-16,19-21H,2-6,17-18,31-32H2,1H3. The molecule has 0 unspecified atom stereocenters. The van der Waals surface area contributed by atoms with Gasteiger partial charge in [0.2, 0.25) is 0 Å². The number of hydrogen-bond donors (Lipinski definition) is 2. The second kappa shape index (κ2) is 14.3. The normalized spacial score (nSPS) is 10.8. The van der Waals surface area contributed by atoms with Crippen LogP contribution in [0.4, 0.5) is 11.4 Å². The number of esters is 2. The van der Waals surface area contributed by atoms with E-state index in [1.807, 2.05) is 48.5 Å². The summed E-state index contributed by atoms with van der Waals surface area (Å²) in [5.74, 6) is 0.289. The highest BCUT2D eigenvalue weighted by Crippen LogP contribution is 2.17. The van der Waals surface area contributed by atoms with Crippen molar-refractivity contribution in [2.45, 2.75) is 39.0 Å². The lowest BCUT2D eigenvalue weighted by Gasteiger charge is -2.08.